The van der Waals surface area contributed by atoms with Crippen molar-refractivity contribution in [1.29, 1.82) is 0 Å². The van der Waals surface area contributed by atoms with Gasteiger partial charge in [0.1, 0.15) is 5.76 Å². The van der Waals surface area contributed by atoms with Crippen molar-refractivity contribution < 1.29 is 4.74 Å². The normalized spacial score (nSPS) is 26.5. The van der Waals surface area contributed by atoms with Crippen molar-refractivity contribution in [2.45, 2.75) is 51.5 Å². The molecule has 1 N–H and O–H groups in total. The molecule has 0 aromatic rings. The van der Waals surface area contributed by atoms with Gasteiger partial charge < -0.3 is 10.1 Å². The summed E-state index contributed by atoms with van der Waals surface area (Å²) in [7, 11) is 1.79. The number of ether oxygens (including phenoxy) is 1. The van der Waals surface area contributed by atoms with E-state index in [1.54, 1.807) is 23.8 Å². The van der Waals surface area contributed by atoms with Gasteiger partial charge in [-0.25, -0.2) is 0 Å². The highest BCUT2D eigenvalue weighted by molar-refractivity contribution is 5.45. The maximum absolute atomic E-state index is 5.54. The molecule has 3 rings (SSSR count). The van der Waals surface area contributed by atoms with Gasteiger partial charge in [0.15, 0.2) is 0 Å². The first-order chi connectivity index (χ1) is 9.79. The molecule has 1 atom stereocenters. The second-order valence-electron chi connectivity index (χ2n) is 6.00. The Morgan fingerprint density at radius 3 is 2.85 bits per heavy atom. The van der Waals surface area contributed by atoms with Crippen LogP contribution < -0.4 is 5.32 Å². The number of rotatable bonds is 3. The van der Waals surface area contributed by atoms with Gasteiger partial charge in [0, 0.05) is 6.04 Å². The Hall–Kier alpha value is -1.28. The van der Waals surface area contributed by atoms with Crippen LogP contribution >= 0.6 is 0 Å². The lowest BCUT2D eigenvalue weighted by Gasteiger charge is -2.34. The molecule has 20 heavy (non-hydrogen) atoms. The van der Waals surface area contributed by atoms with Crippen molar-refractivity contribution >= 4 is 0 Å². The fraction of sp³-hybridized carbons (Fsp3) is 0.556. The van der Waals surface area contributed by atoms with Crippen molar-refractivity contribution in [1.82, 2.24) is 5.32 Å². The SMILES string of the molecule is COC1=CCCC=C1CC1NCCC2=C(C)CCC=C21. The number of methoxy groups -OCH3 is 1. The van der Waals surface area contributed by atoms with Crippen LogP contribution in [0.2, 0.25) is 0 Å². The number of nitrogens with one attached hydrogen (secondary N) is 1. The lowest BCUT2D eigenvalue weighted by molar-refractivity contribution is 0.292. The fourth-order valence-electron chi connectivity index (χ4n) is 3.66. The third kappa shape index (κ3) is 2.62. The highest BCUT2D eigenvalue weighted by atomic mass is 16.5. The first-order valence-corrected chi connectivity index (χ1v) is 7.85. The Morgan fingerprint density at radius 2 is 2.00 bits per heavy atom. The van der Waals surface area contributed by atoms with E-state index in [1.807, 2.05) is 0 Å². The molecule has 3 aliphatic rings. The molecule has 0 bridgehead atoms. The average Bonchev–Trinajstić information content (AvgIpc) is 2.49. The van der Waals surface area contributed by atoms with E-state index < -0.39 is 0 Å². The van der Waals surface area contributed by atoms with E-state index in [1.165, 1.54) is 24.8 Å². The standard InChI is InChI=1S/C18H25NO/c1-13-6-5-8-16-15(13)10-11-19-17(16)12-14-7-3-4-9-18(14)20-2/h7-9,17,19H,3-6,10-12H2,1-2H3. The van der Waals surface area contributed by atoms with Crippen LogP contribution in [0.15, 0.2) is 46.3 Å². The van der Waals surface area contributed by atoms with Crippen LogP contribution in [-0.2, 0) is 4.74 Å². The van der Waals surface area contributed by atoms with Crippen molar-refractivity contribution in [3.8, 4) is 0 Å². The predicted octanol–water partition coefficient (Wildman–Crippen LogP) is 4.03. The summed E-state index contributed by atoms with van der Waals surface area (Å²) in [5, 5.41) is 3.70. The van der Waals surface area contributed by atoms with Crippen LogP contribution in [0.5, 0.6) is 0 Å². The van der Waals surface area contributed by atoms with Crippen molar-refractivity contribution in [3.05, 3.63) is 46.3 Å². The van der Waals surface area contributed by atoms with E-state index in [4.69, 9.17) is 4.74 Å². The summed E-state index contributed by atoms with van der Waals surface area (Å²) in [4.78, 5) is 0. The van der Waals surface area contributed by atoms with Gasteiger partial charge in [0.05, 0.1) is 7.11 Å². The summed E-state index contributed by atoms with van der Waals surface area (Å²) in [6, 6.07) is 0.469. The smallest absolute Gasteiger partial charge is 0.117 e. The summed E-state index contributed by atoms with van der Waals surface area (Å²) in [5.41, 5.74) is 6.16. The van der Waals surface area contributed by atoms with Crippen molar-refractivity contribution in [2.24, 2.45) is 0 Å². The van der Waals surface area contributed by atoms with Crippen LogP contribution in [-0.4, -0.2) is 19.7 Å². The maximum Gasteiger partial charge on any atom is 0.117 e. The van der Waals surface area contributed by atoms with E-state index in [-0.39, 0.29) is 0 Å². The molecular weight excluding hydrogens is 246 g/mol. The second kappa shape index (κ2) is 6.01. The van der Waals surface area contributed by atoms with Gasteiger partial charge in [0.25, 0.3) is 0 Å². The van der Waals surface area contributed by atoms with E-state index >= 15 is 0 Å². The minimum absolute atomic E-state index is 0.469. The van der Waals surface area contributed by atoms with Crippen LogP contribution in [0.25, 0.3) is 0 Å². The molecule has 2 heteroatoms. The summed E-state index contributed by atoms with van der Waals surface area (Å²) in [5.74, 6) is 1.09. The summed E-state index contributed by atoms with van der Waals surface area (Å²) >= 11 is 0. The quantitative estimate of drug-likeness (QED) is 0.837. The zero-order chi connectivity index (χ0) is 13.9. The Bertz CT molecular complexity index is 508. The molecule has 0 radical (unpaired) electrons. The summed E-state index contributed by atoms with van der Waals surface area (Å²) in [6.07, 6.45) is 14.0. The molecule has 0 spiro atoms. The number of allylic oxidation sites excluding steroid dienone is 5. The molecule has 0 aromatic heterocycles. The van der Waals surface area contributed by atoms with E-state index in [0.717, 1.165) is 31.6 Å². The Morgan fingerprint density at radius 1 is 1.15 bits per heavy atom. The molecule has 0 amide bonds. The Kier molecular flexibility index (Phi) is 4.11. The number of piperidine rings is 1. The van der Waals surface area contributed by atoms with Gasteiger partial charge in [-0.15, -0.1) is 0 Å². The molecule has 0 aromatic carbocycles. The van der Waals surface area contributed by atoms with Gasteiger partial charge >= 0.3 is 0 Å². The highest BCUT2D eigenvalue weighted by Crippen LogP contribution is 2.35. The fourth-order valence-corrected chi connectivity index (χ4v) is 3.66. The molecule has 2 nitrogen and oxygen atoms in total. The van der Waals surface area contributed by atoms with Gasteiger partial charge in [-0.3, -0.25) is 0 Å². The van der Waals surface area contributed by atoms with E-state index in [9.17, 15) is 0 Å². The maximum atomic E-state index is 5.54. The van der Waals surface area contributed by atoms with Gasteiger partial charge in [-0.05, 0) is 74.8 Å². The molecule has 1 unspecified atom stereocenters. The first kappa shape index (κ1) is 13.7. The Labute approximate surface area is 122 Å². The van der Waals surface area contributed by atoms with Crippen LogP contribution in [0.4, 0.5) is 0 Å². The lowest BCUT2D eigenvalue weighted by atomic mass is 9.80. The topological polar surface area (TPSA) is 21.3 Å². The summed E-state index contributed by atoms with van der Waals surface area (Å²) < 4.78 is 5.54. The summed E-state index contributed by atoms with van der Waals surface area (Å²) in [6.45, 7) is 3.42. The number of hydrogen-bond acceptors (Lipinski definition) is 2. The third-order valence-electron chi connectivity index (χ3n) is 4.74. The molecule has 1 aliphatic heterocycles. The predicted molar refractivity (Wildman–Crippen MR) is 83.5 cm³/mol. The van der Waals surface area contributed by atoms with Gasteiger partial charge in [-0.2, -0.15) is 0 Å². The molecule has 1 fully saturated rings. The van der Waals surface area contributed by atoms with Crippen LogP contribution in [0, 0.1) is 0 Å². The van der Waals surface area contributed by atoms with Crippen LogP contribution in [0.1, 0.15) is 45.4 Å². The molecule has 0 saturated carbocycles. The van der Waals surface area contributed by atoms with Gasteiger partial charge in [0.2, 0.25) is 0 Å². The number of fused-ring (bicyclic) bond motifs is 1. The molecular formula is C18H25NO. The zero-order valence-corrected chi connectivity index (χ0v) is 12.7. The monoisotopic (exact) mass is 271 g/mol. The molecule has 108 valence electrons. The largest absolute Gasteiger partial charge is 0.497 e. The Balaban J connectivity index is 1.79. The third-order valence-corrected chi connectivity index (χ3v) is 4.74. The minimum atomic E-state index is 0.469. The van der Waals surface area contributed by atoms with E-state index in [0.29, 0.717) is 6.04 Å². The molecule has 1 heterocycles. The number of hydrogen-bond donors (Lipinski definition) is 1. The highest BCUT2D eigenvalue weighted by Gasteiger charge is 2.27. The van der Waals surface area contributed by atoms with Gasteiger partial charge in [-0.1, -0.05) is 17.7 Å². The lowest BCUT2D eigenvalue weighted by Crippen LogP contribution is -2.38. The van der Waals surface area contributed by atoms with E-state index in [2.05, 4.69) is 30.5 Å². The van der Waals surface area contributed by atoms with Crippen molar-refractivity contribution in [2.75, 3.05) is 13.7 Å². The van der Waals surface area contributed by atoms with Crippen molar-refractivity contribution in [3.63, 3.8) is 0 Å². The second-order valence-corrected chi connectivity index (χ2v) is 6.00. The first-order valence-electron chi connectivity index (χ1n) is 7.85. The van der Waals surface area contributed by atoms with Crippen LogP contribution in [0.3, 0.4) is 0 Å². The molecule has 1 saturated heterocycles. The average molecular weight is 271 g/mol. The zero-order valence-electron chi connectivity index (χ0n) is 12.7. The minimum Gasteiger partial charge on any atom is -0.497 e. The molecule has 2 aliphatic carbocycles.